The third kappa shape index (κ3) is 1.33. The first-order chi connectivity index (χ1) is 5.77. The molecule has 0 aromatic rings. The Labute approximate surface area is 72.2 Å². The van der Waals surface area contributed by atoms with Gasteiger partial charge in [-0.1, -0.05) is 0 Å². The van der Waals surface area contributed by atoms with E-state index in [-0.39, 0.29) is 5.92 Å². The van der Waals surface area contributed by atoms with E-state index in [0.717, 1.165) is 31.7 Å². The van der Waals surface area contributed by atoms with Gasteiger partial charge in [0.2, 0.25) is 0 Å². The van der Waals surface area contributed by atoms with E-state index in [9.17, 15) is 4.79 Å². The van der Waals surface area contributed by atoms with Crippen molar-refractivity contribution in [2.24, 2.45) is 11.8 Å². The smallest absolute Gasteiger partial charge is 0.306 e. The van der Waals surface area contributed by atoms with Gasteiger partial charge in [0.1, 0.15) is 0 Å². The lowest BCUT2D eigenvalue weighted by atomic mass is 9.79. The van der Waals surface area contributed by atoms with Crippen molar-refractivity contribution in [1.82, 2.24) is 5.32 Å². The number of hydrogen-bond donors (Lipinski definition) is 2. The standard InChI is InChI=1S/C9H15NO2/c11-9(12)7-2-1-6-3-4-10-8(6)5-7/h6-8,10H,1-5H2,(H,11,12)/t6-,7-,8-/m1/s1. The number of rotatable bonds is 1. The lowest BCUT2D eigenvalue weighted by Crippen LogP contribution is -2.36. The maximum Gasteiger partial charge on any atom is 0.306 e. The molecule has 0 aromatic heterocycles. The van der Waals surface area contributed by atoms with Crippen molar-refractivity contribution >= 4 is 5.97 Å². The number of carbonyl (C=O) groups is 1. The van der Waals surface area contributed by atoms with Crippen LogP contribution in [0.5, 0.6) is 0 Å². The molecule has 0 spiro atoms. The zero-order chi connectivity index (χ0) is 8.55. The van der Waals surface area contributed by atoms with Gasteiger partial charge in [-0.2, -0.15) is 0 Å². The summed E-state index contributed by atoms with van der Waals surface area (Å²) in [5.41, 5.74) is 0. The zero-order valence-corrected chi connectivity index (χ0v) is 7.12. The second-order valence-corrected chi connectivity index (χ2v) is 3.96. The van der Waals surface area contributed by atoms with Crippen molar-refractivity contribution in [3.63, 3.8) is 0 Å². The summed E-state index contributed by atoms with van der Waals surface area (Å²) in [6.07, 6.45) is 4.09. The van der Waals surface area contributed by atoms with Gasteiger partial charge in [0.05, 0.1) is 5.92 Å². The minimum Gasteiger partial charge on any atom is -0.481 e. The highest BCUT2D eigenvalue weighted by atomic mass is 16.4. The predicted molar refractivity (Wildman–Crippen MR) is 44.9 cm³/mol. The number of carboxylic acids is 1. The van der Waals surface area contributed by atoms with E-state index >= 15 is 0 Å². The van der Waals surface area contributed by atoms with Crippen molar-refractivity contribution < 1.29 is 9.90 Å². The van der Waals surface area contributed by atoms with Gasteiger partial charge in [-0.25, -0.2) is 0 Å². The molecular weight excluding hydrogens is 154 g/mol. The first-order valence-corrected chi connectivity index (χ1v) is 4.73. The molecular formula is C9H15NO2. The molecule has 0 amide bonds. The Morgan fingerprint density at radius 3 is 2.92 bits per heavy atom. The van der Waals surface area contributed by atoms with E-state index in [4.69, 9.17) is 5.11 Å². The molecule has 1 saturated heterocycles. The van der Waals surface area contributed by atoms with Crippen molar-refractivity contribution in [3.05, 3.63) is 0 Å². The molecule has 0 radical (unpaired) electrons. The molecule has 3 nitrogen and oxygen atoms in total. The molecule has 68 valence electrons. The van der Waals surface area contributed by atoms with Crippen molar-refractivity contribution in [1.29, 1.82) is 0 Å². The number of nitrogens with one attached hydrogen (secondary N) is 1. The van der Waals surface area contributed by atoms with E-state index in [1.54, 1.807) is 0 Å². The molecule has 2 N–H and O–H groups in total. The first-order valence-electron chi connectivity index (χ1n) is 4.73. The molecule has 12 heavy (non-hydrogen) atoms. The second-order valence-electron chi connectivity index (χ2n) is 3.96. The molecule has 0 unspecified atom stereocenters. The van der Waals surface area contributed by atoms with Crippen molar-refractivity contribution in [2.45, 2.75) is 31.7 Å². The van der Waals surface area contributed by atoms with Gasteiger partial charge in [0, 0.05) is 6.04 Å². The zero-order valence-electron chi connectivity index (χ0n) is 7.12. The van der Waals surface area contributed by atoms with Gasteiger partial charge in [-0.05, 0) is 38.1 Å². The third-order valence-corrected chi connectivity index (χ3v) is 3.26. The largest absolute Gasteiger partial charge is 0.481 e. The van der Waals surface area contributed by atoms with E-state index in [1.165, 1.54) is 6.42 Å². The molecule has 1 aliphatic heterocycles. The van der Waals surface area contributed by atoms with Crippen LogP contribution in [0.25, 0.3) is 0 Å². The Balaban J connectivity index is 1.96. The van der Waals surface area contributed by atoms with Gasteiger partial charge in [0.25, 0.3) is 0 Å². The molecule has 1 heterocycles. The maximum absolute atomic E-state index is 10.7. The average molecular weight is 169 g/mol. The van der Waals surface area contributed by atoms with Crippen LogP contribution in [0, 0.1) is 11.8 Å². The van der Waals surface area contributed by atoms with Crippen LogP contribution in [-0.2, 0) is 4.79 Å². The van der Waals surface area contributed by atoms with Gasteiger partial charge in [-0.15, -0.1) is 0 Å². The predicted octanol–water partition coefficient (Wildman–Crippen LogP) is 0.849. The van der Waals surface area contributed by atoms with Crippen molar-refractivity contribution in [3.8, 4) is 0 Å². The minimum absolute atomic E-state index is 0.0863. The fourth-order valence-electron chi connectivity index (χ4n) is 2.51. The Bertz CT molecular complexity index is 193. The second kappa shape index (κ2) is 3.05. The van der Waals surface area contributed by atoms with Crippen LogP contribution in [0.15, 0.2) is 0 Å². The molecule has 1 saturated carbocycles. The van der Waals surface area contributed by atoms with Gasteiger partial charge < -0.3 is 10.4 Å². The first kappa shape index (κ1) is 8.05. The molecule has 1 aliphatic carbocycles. The highest BCUT2D eigenvalue weighted by Gasteiger charge is 2.35. The molecule has 0 bridgehead atoms. The summed E-state index contributed by atoms with van der Waals surface area (Å²) in [6, 6.07) is 0.500. The summed E-state index contributed by atoms with van der Waals surface area (Å²) < 4.78 is 0. The fourth-order valence-corrected chi connectivity index (χ4v) is 2.51. The fraction of sp³-hybridized carbons (Fsp3) is 0.889. The summed E-state index contributed by atoms with van der Waals surface area (Å²) in [4.78, 5) is 10.7. The van der Waals surface area contributed by atoms with Gasteiger partial charge >= 0.3 is 5.97 Å². The summed E-state index contributed by atoms with van der Waals surface area (Å²) >= 11 is 0. The van der Waals surface area contributed by atoms with Crippen LogP contribution in [0.4, 0.5) is 0 Å². The molecule has 3 atom stereocenters. The van der Waals surface area contributed by atoms with Crippen LogP contribution in [0.3, 0.4) is 0 Å². The molecule has 2 aliphatic rings. The summed E-state index contributed by atoms with van der Waals surface area (Å²) in [5, 5.41) is 12.2. The third-order valence-electron chi connectivity index (χ3n) is 3.26. The van der Waals surface area contributed by atoms with Crippen LogP contribution in [0.2, 0.25) is 0 Å². The normalized spacial score (nSPS) is 40.8. The molecule has 2 rings (SSSR count). The van der Waals surface area contributed by atoms with Crippen molar-refractivity contribution in [2.75, 3.05) is 6.54 Å². The molecule has 3 heteroatoms. The summed E-state index contributed by atoms with van der Waals surface area (Å²) in [6.45, 7) is 1.08. The van der Waals surface area contributed by atoms with Crippen LogP contribution in [0.1, 0.15) is 25.7 Å². The summed E-state index contributed by atoms with van der Waals surface area (Å²) in [5.74, 6) is 0.0691. The highest BCUT2D eigenvalue weighted by molar-refractivity contribution is 5.70. The Kier molecular flexibility index (Phi) is 2.05. The van der Waals surface area contributed by atoms with Crippen LogP contribution < -0.4 is 5.32 Å². The van der Waals surface area contributed by atoms with Gasteiger partial charge in [-0.3, -0.25) is 4.79 Å². The van der Waals surface area contributed by atoms with Crippen LogP contribution >= 0.6 is 0 Å². The Morgan fingerprint density at radius 2 is 2.17 bits per heavy atom. The monoisotopic (exact) mass is 169 g/mol. The lowest BCUT2D eigenvalue weighted by molar-refractivity contribution is -0.143. The lowest BCUT2D eigenvalue weighted by Gasteiger charge is -2.29. The van der Waals surface area contributed by atoms with Gasteiger partial charge in [0.15, 0.2) is 0 Å². The van der Waals surface area contributed by atoms with Crippen LogP contribution in [-0.4, -0.2) is 23.7 Å². The SMILES string of the molecule is O=C(O)[C@@H]1CC[C@@H]2CCN[C@@H]2C1. The highest BCUT2D eigenvalue weighted by Crippen LogP contribution is 2.33. The summed E-state index contributed by atoms with van der Waals surface area (Å²) in [7, 11) is 0. The quantitative estimate of drug-likeness (QED) is 0.611. The minimum atomic E-state index is -0.609. The number of carboxylic acid groups (broad SMARTS) is 1. The molecule has 0 aromatic carbocycles. The van der Waals surface area contributed by atoms with E-state index in [2.05, 4.69) is 5.32 Å². The number of hydrogen-bond acceptors (Lipinski definition) is 2. The number of aliphatic carboxylic acids is 1. The average Bonchev–Trinajstić information content (AvgIpc) is 2.49. The Hall–Kier alpha value is -0.570. The van der Waals surface area contributed by atoms with E-state index in [0.29, 0.717) is 6.04 Å². The number of fused-ring (bicyclic) bond motifs is 1. The Morgan fingerprint density at radius 1 is 1.33 bits per heavy atom. The molecule has 2 fully saturated rings. The van der Waals surface area contributed by atoms with E-state index < -0.39 is 5.97 Å². The topological polar surface area (TPSA) is 49.3 Å². The maximum atomic E-state index is 10.7. The van der Waals surface area contributed by atoms with E-state index in [1.807, 2.05) is 0 Å².